The largest absolute Gasteiger partial charge is 0.465 e. The maximum absolute atomic E-state index is 12.8. The third-order valence-corrected chi connectivity index (χ3v) is 5.22. The first-order valence-electron chi connectivity index (χ1n) is 9.63. The van der Waals surface area contributed by atoms with Crippen molar-refractivity contribution in [3.05, 3.63) is 94.2 Å². The third kappa shape index (κ3) is 5.10. The van der Waals surface area contributed by atoms with Gasteiger partial charge in [-0.15, -0.1) is 0 Å². The molecule has 156 valence electrons. The molecule has 0 unspecified atom stereocenters. The summed E-state index contributed by atoms with van der Waals surface area (Å²) in [6.45, 7) is 0.346. The van der Waals surface area contributed by atoms with E-state index in [2.05, 4.69) is 36.5 Å². The number of imidazole rings is 1. The summed E-state index contributed by atoms with van der Waals surface area (Å²) < 4.78 is 5.94. The quantitative estimate of drug-likeness (QED) is 0.348. The van der Waals surface area contributed by atoms with Gasteiger partial charge < -0.3 is 20.0 Å². The fraction of sp³-hybridized carbons (Fsp3) is 0.0870. The Balaban J connectivity index is 1.45. The number of H-pyrrole nitrogens is 1. The number of benzene rings is 2. The molecule has 2 amide bonds. The maximum Gasteiger partial charge on any atom is 0.267 e. The molecule has 2 aromatic heterocycles. The van der Waals surface area contributed by atoms with Gasteiger partial charge in [-0.05, 0) is 52.3 Å². The number of amides is 2. The molecule has 0 aliphatic carbocycles. The Morgan fingerprint density at radius 2 is 1.87 bits per heavy atom. The number of carbonyl (C=O) groups is 2. The van der Waals surface area contributed by atoms with Crippen molar-refractivity contribution in [2.45, 2.75) is 6.42 Å². The molecule has 8 heteroatoms. The molecule has 4 rings (SSSR count). The van der Waals surface area contributed by atoms with Gasteiger partial charge in [-0.25, -0.2) is 4.98 Å². The molecular weight excluding hydrogens is 460 g/mol. The number of rotatable bonds is 7. The van der Waals surface area contributed by atoms with E-state index in [1.807, 2.05) is 30.3 Å². The van der Waals surface area contributed by atoms with E-state index in [9.17, 15) is 9.59 Å². The predicted molar refractivity (Wildman–Crippen MR) is 121 cm³/mol. The normalized spacial score (nSPS) is 11.5. The fourth-order valence-corrected chi connectivity index (χ4v) is 3.49. The van der Waals surface area contributed by atoms with Gasteiger partial charge in [-0.3, -0.25) is 9.59 Å². The first-order chi connectivity index (χ1) is 15.1. The number of nitrogens with zero attached hydrogens (tertiary/aromatic N) is 1. The SMILES string of the molecule is O=C(NCCc1nc2ccccc2[nH]1)C(=Cc1ccco1)NC(=O)c1ccccc1Br. The van der Waals surface area contributed by atoms with Crippen LogP contribution in [-0.2, 0) is 11.2 Å². The van der Waals surface area contributed by atoms with Gasteiger partial charge in [0.1, 0.15) is 17.3 Å². The van der Waals surface area contributed by atoms with Gasteiger partial charge in [0, 0.05) is 23.5 Å². The van der Waals surface area contributed by atoms with Gasteiger partial charge in [-0.2, -0.15) is 0 Å². The summed E-state index contributed by atoms with van der Waals surface area (Å²) >= 11 is 3.36. The molecule has 0 spiro atoms. The van der Waals surface area contributed by atoms with Crippen molar-refractivity contribution in [3.63, 3.8) is 0 Å². The van der Waals surface area contributed by atoms with Crippen LogP contribution in [0.5, 0.6) is 0 Å². The first-order valence-corrected chi connectivity index (χ1v) is 10.4. The van der Waals surface area contributed by atoms with Crippen LogP contribution in [0.25, 0.3) is 17.1 Å². The lowest BCUT2D eigenvalue weighted by molar-refractivity contribution is -0.117. The molecule has 0 atom stereocenters. The van der Waals surface area contributed by atoms with Crippen LogP contribution in [0.15, 0.2) is 81.5 Å². The molecule has 0 saturated carbocycles. The van der Waals surface area contributed by atoms with E-state index in [1.165, 1.54) is 12.3 Å². The number of furan rings is 1. The Bertz CT molecular complexity index is 1210. The lowest BCUT2D eigenvalue weighted by Gasteiger charge is -2.11. The molecule has 7 nitrogen and oxygen atoms in total. The van der Waals surface area contributed by atoms with E-state index in [0.29, 0.717) is 28.8 Å². The molecule has 0 aliphatic heterocycles. The Hall–Kier alpha value is -3.65. The number of halogens is 1. The van der Waals surface area contributed by atoms with Gasteiger partial charge in [0.05, 0.1) is 22.9 Å². The van der Waals surface area contributed by atoms with Crippen LogP contribution in [0.1, 0.15) is 21.9 Å². The van der Waals surface area contributed by atoms with Crippen molar-refractivity contribution in [3.8, 4) is 0 Å². The highest BCUT2D eigenvalue weighted by Crippen LogP contribution is 2.16. The Morgan fingerprint density at radius 1 is 1.06 bits per heavy atom. The summed E-state index contributed by atoms with van der Waals surface area (Å²) in [6, 6.07) is 18.1. The van der Waals surface area contributed by atoms with Crippen molar-refractivity contribution in [1.82, 2.24) is 20.6 Å². The van der Waals surface area contributed by atoms with Gasteiger partial charge in [0.2, 0.25) is 0 Å². The molecule has 3 N–H and O–H groups in total. The summed E-state index contributed by atoms with van der Waals surface area (Å²) in [5.74, 6) is 0.399. The summed E-state index contributed by atoms with van der Waals surface area (Å²) in [4.78, 5) is 33.2. The molecule has 0 radical (unpaired) electrons. The van der Waals surface area contributed by atoms with Crippen molar-refractivity contribution < 1.29 is 14.0 Å². The highest BCUT2D eigenvalue weighted by Gasteiger charge is 2.17. The van der Waals surface area contributed by atoms with Crippen LogP contribution in [0, 0.1) is 0 Å². The molecule has 2 heterocycles. The van der Waals surface area contributed by atoms with Crippen molar-refractivity contribution in [1.29, 1.82) is 0 Å². The molecule has 0 fully saturated rings. The molecule has 0 saturated heterocycles. The van der Waals surface area contributed by atoms with Crippen LogP contribution in [0.3, 0.4) is 0 Å². The molecule has 31 heavy (non-hydrogen) atoms. The Morgan fingerprint density at radius 3 is 2.65 bits per heavy atom. The van der Waals surface area contributed by atoms with Crippen LogP contribution >= 0.6 is 15.9 Å². The van der Waals surface area contributed by atoms with Gasteiger partial charge >= 0.3 is 0 Å². The average molecular weight is 479 g/mol. The highest BCUT2D eigenvalue weighted by atomic mass is 79.9. The van der Waals surface area contributed by atoms with Gasteiger partial charge in [-0.1, -0.05) is 24.3 Å². The number of hydrogen-bond acceptors (Lipinski definition) is 4. The van der Waals surface area contributed by atoms with E-state index in [-0.39, 0.29) is 5.70 Å². The summed E-state index contributed by atoms with van der Waals surface area (Å²) in [6.07, 6.45) is 3.51. The number of aromatic amines is 1. The van der Waals surface area contributed by atoms with Crippen molar-refractivity contribution >= 4 is 44.9 Å². The molecule has 0 aliphatic rings. The predicted octanol–water partition coefficient (Wildman–Crippen LogP) is 4.05. The second kappa shape index (κ2) is 9.44. The molecule has 4 aromatic rings. The van der Waals surface area contributed by atoms with E-state index in [4.69, 9.17) is 4.42 Å². The van der Waals surface area contributed by atoms with Crippen LogP contribution in [0.2, 0.25) is 0 Å². The van der Waals surface area contributed by atoms with E-state index >= 15 is 0 Å². The molecular formula is C23H19BrN4O3. The number of hydrogen-bond donors (Lipinski definition) is 3. The van der Waals surface area contributed by atoms with Crippen LogP contribution in [0.4, 0.5) is 0 Å². The molecule has 2 aromatic carbocycles. The number of nitrogens with one attached hydrogen (secondary N) is 3. The second-order valence-corrected chi connectivity index (χ2v) is 7.57. The highest BCUT2D eigenvalue weighted by molar-refractivity contribution is 9.10. The number of fused-ring (bicyclic) bond motifs is 1. The van der Waals surface area contributed by atoms with Gasteiger partial charge in [0.25, 0.3) is 11.8 Å². The number of aromatic nitrogens is 2. The van der Waals surface area contributed by atoms with E-state index < -0.39 is 11.8 Å². The van der Waals surface area contributed by atoms with E-state index in [1.54, 1.807) is 30.3 Å². The minimum atomic E-state index is -0.423. The number of carbonyl (C=O) groups excluding carboxylic acids is 2. The Kier molecular flexibility index (Phi) is 6.28. The second-order valence-electron chi connectivity index (χ2n) is 6.71. The van der Waals surface area contributed by atoms with Crippen LogP contribution in [-0.4, -0.2) is 28.3 Å². The average Bonchev–Trinajstić information content (AvgIpc) is 3.42. The minimum absolute atomic E-state index is 0.0836. The minimum Gasteiger partial charge on any atom is -0.465 e. The first kappa shape index (κ1) is 20.6. The lowest BCUT2D eigenvalue weighted by atomic mass is 10.2. The zero-order valence-corrected chi connectivity index (χ0v) is 18.0. The zero-order valence-electron chi connectivity index (χ0n) is 16.4. The van der Waals surface area contributed by atoms with Crippen molar-refractivity contribution in [2.75, 3.05) is 6.54 Å². The van der Waals surface area contributed by atoms with Crippen LogP contribution < -0.4 is 10.6 Å². The summed E-state index contributed by atoms with van der Waals surface area (Å²) in [7, 11) is 0. The smallest absolute Gasteiger partial charge is 0.267 e. The fourth-order valence-electron chi connectivity index (χ4n) is 3.02. The molecule has 0 bridgehead atoms. The standard InChI is InChI=1S/C23H19BrN4O3/c24-17-8-2-1-7-16(17)22(29)28-20(14-15-6-5-13-31-15)23(30)25-12-11-21-26-18-9-3-4-10-19(18)27-21/h1-10,13-14H,11-12H2,(H,25,30)(H,26,27)(H,28,29). The Labute approximate surface area is 186 Å². The monoisotopic (exact) mass is 478 g/mol. The maximum atomic E-state index is 12.8. The lowest BCUT2D eigenvalue weighted by Crippen LogP contribution is -2.36. The number of para-hydroxylation sites is 2. The summed E-state index contributed by atoms with van der Waals surface area (Å²) in [5, 5.41) is 5.50. The zero-order chi connectivity index (χ0) is 21.6. The van der Waals surface area contributed by atoms with E-state index in [0.717, 1.165) is 16.9 Å². The topological polar surface area (TPSA) is 100 Å². The van der Waals surface area contributed by atoms with Crippen molar-refractivity contribution in [2.24, 2.45) is 0 Å². The summed E-state index contributed by atoms with van der Waals surface area (Å²) in [5.41, 5.74) is 2.33. The third-order valence-electron chi connectivity index (χ3n) is 4.53. The van der Waals surface area contributed by atoms with Gasteiger partial charge in [0.15, 0.2) is 0 Å².